The molecular weight excluding hydrogens is 329 g/mol. The molecule has 0 amide bonds. The van der Waals surface area contributed by atoms with E-state index in [0.29, 0.717) is 5.75 Å². The van der Waals surface area contributed by atoms with E-state index in [1.807, 2.05) is 13.8 Å². The van der Waals surface area contributed by atoms with Crippen LogP contribution in [-0.4, -0.2) is 4.92 Å². The smallest absolute Gasteiger partial charge is 0.276 e. The first kappa shape index (κ1) is 14.5. The second kappa shape index (κ2) is 5.58. The van der Waals surface area contributed by atoms with Gasteiger partial charge in [0.15, 0.2) is 0 Å². The molecule has 0 aromatic heterocycles. The van der Waals surface area contributed by atoms with E-state index < -0.39 is 10.7 Å². The van der Waals surface area contributed by atoms with Crippen LogP contribution in [0.4, 0.5) is 10.1 Å². The molecule has 0 heterocycles. The fourth-order valence-corrected chi connectivity index (χ4v) is 2.04. The number of non-ortho nitro benzene ring substituents is 1. The number of rotatable bonds is 3. The first-order chi connectivity index (χ1) is 9.36. The zero-order chi connectivity index (χ0) is 14.9. The molecular formula is C14H11BrFNO3. The predicted octanol–water partition coefficient (Wildman–Crippen LogP) is 4.91. The minimum atomic E-state index is -0.709. The number of nitro benzene ring substituents is 1. The predicted molar refractivity (Wildman–Crippen MR) is 76.7 cm³/mol. The van der Waals surface area contributed by atoms with Crippen LogP contribution in [0.3, 0.4) is 0 Å². The fraction of sp³-hybridized carbons (Fsp3) is 0.143. The monoisotopic (exact) mass is 339 g/mol. The minimum absolute atomic E-state index is 0.0952. The van der Waals surface area contributed by atoms with Crippen LogP contribution in [0.25, 0.3) is 0 Å². The third-order valence-corrected chi connectivity index (χ3v) is 3.96. The summed E-state index contributed by atoms with van der Waals surface area (Å²) in [6.45, 7) is 3.80. The average Bonchev–Trinajstić information content (AvgIpc) is 2.35. The van der Waals surface area contributed by atoms with Gasteiger partial charge in [0.2, 0.25) is 0 Å². The Morgan fingerprint density at radius 3 is 2.20 bits per heavy atom. The van der Waals surface area contributed by atoms with E-state index in [0.717, 1.165) is 27.7 Å². The second-order valence-corrected chi connectivity index (χ2v) is 5.17. The summed E-state index contributed by atoms with van der Waals surface area (Å²) in [5.41, 5.74) is 1.59. The van der Waals surface area contributed by atoms with Crippen LogP contribution in [0, 0.1) is 29.8 Å². The highest BCUT2D eigenvalue weighted by Crippen LogP contribution is 2.31. The molecule has 2 rings (SSSR count). The molecule has 0 spiro atoms. The topological polar surface area (TPSA) is 52.4 Å². The van der Waals surface area contributed by atoms with E-state index in [1.165, 1.54) is 6.07 Å². The molecule has 0 atom stereocenters. The van der Waals surface area contributed by atoms with E-state index in [9.17, 15) is 14.5 Å². The lowest BCUT2D eigenvalue weighted by atomic mass is 10.1. The average molecular weight is 340 g/mol. The Morgan fingerprint density at radius 1 is 1.10 bits per heavy atom. The number of halogens is 2. The van der Waals surface area contributed by atoms with Crippen LogP contribution in [-0.2, 0) is 0 Å². The Balaban J connectivity index is 2.37. The van der Waals surface area contributed by atoms with E-state index in [1.54, 1.807) is 12.1 Å². The molecule has 0 saturated heterocycles. The van der Waals surface area contributed by atoms with Crippen LogP contribution in [0.1, 0.15) is 11.1 Å². The van der Waals surface area contributed by atoms with Gasteiger partial charge < -0.3 is 4.74 Å². The second-order valence-electron chi connectivity index (χ2n) is 4.38. The molecule has 0 aliphatic carbocycles. The van der Waals surface area contributed by atoms with Crippen molar-refractivity contribution in [1.29, 1.82) is 0 Å². The van der Waals surface area contributed by atoms with Gasteiger partial charge in [-0.1, -0.05) is 15.9 Å². The number of nitrogens with zero attached hydrogens (tertiary/aromatic N) is 1. The molecule has 0 unspecified atom stereocenters. The zero-order valence-electron chi connectivity index (χ0n) is 10.8. The molecule has 0 bridgehead atoms. The van der Waals surface area contributed by atoms with Gasteiger partial charge in [-0.3, -0.25) is 10.1 Å². The first-order valence-electron chi connectivity index (χ1n) is 5.76. The van der Waals surface area contributed by atoms with Gasteiger partial charge in [0.1, 0.15) is 17.3 Å². The lowest BCUT2D eigenvalue weighted by molar-refractivity contribution is -0.385. The largest absolute Gasteiger partial charge is 0.457 e. The summed E-state index contributed by atoms with van der Waals surface area (Å²) in [5, 5.41) is 10.7. The van der Waals surface area contributed by atoms with E-state index >= 15 is 0 Å². The lowest BCUT2D eigenvalue weighted by Crippen LogP contribution is -1.93. The highest BCUT2D eigenvalue weighted by molar-refractivity contribution is 9.10. The van der Waals surface area contributed by atoms with Crippen LogP contribution in [0.5, 0.6) is 11.5 Å². The van der Waals surface area contributed by atoms with Crippen LogP contribution < -0.4 is 4.74 Å². The first-order valence-corrected chi connectivity index (χ1v) is 6.55. The molecule has 2 aromatic carbocycles. The van der Waals surface area contributed by atoms with Crippen molar-refractivity contribution >= 4 is 21.6 Å². The molecule has 0 fully saturated rings. The summed E-state index contributed by atoms with van der Waals surface area (Å²) in [4.78, 5) is 10.0. The van der Waals surface area contributed by atoms with Gasteiger partial charge in [0.25, 0.3) is 5.69 Å². The van der Waals surface area contributed by atoms with Gasteiger partial charge >= 0.3 is 0 Å². The van der Waals surface area contributed by atoms with Crippen molar-refractivity contribution in [3.8, 4) is 11.5 Å². The number of benzene rings is 2. The molecule has 0 aliphatic heterocycles. The van der Waals surface area contributed by atoms with Gasteiger partial charge in [-0.2, -0.15) is 0 Å². The number of hydrogen-bond acceptors (Lipinski definition) is 3. The van der Waals surface area contributed by atoms with Gasteiger partial charge in [-0.25, -0.2) is 4.39 Å². The highest BCUT2D eigenvalue weighted by atomic mass is 79.9. The van der Waals surface area contributed by atoms with E-state index in [-0.39, 0.29) is 11.4 Å². The number of nitro groups is 1. The molecule has 0 radical (unpaired) electrons. The third kappa shape index (κ3) is 3.14. The van der Waals surface area contributed by atoms with Crippen LogP contribution in [0.2, 0.25) is 0 Å². The molecule has 4 nitrogen and oxygen atoms in total. The van der Waals surface area contributed by atoms with Crippen molar-refractivity contribution in [3.05, 3.63) is 61.9 Å². The summed E-state index contributed by atoms with van der Waals surface area (Å²) in [5.74, 6) is -0.110. The van der Waals surface area contributed by atoms with Gasteiger partial charge in [-0.15, -0.1) is 0 Å². The van der Waals surface area contributed by atoms with E-state index in [2.05, 4.69) is 15.9 Å². The Hall–Kier alpha value is -1.95. The normalized spacial score (nSPS) is 10.4. The summed E-state index contributed by atoms with van der Waals surface area (Å²) < 4.78 is 19.8. The molecule has 20 heavy (non-hydrogen) atoms. The molecule has 2 aromatic rings. The standard InChI is InChI=1S/C14H11BrFNO3/c1-8-3-12(4-9(2)14(8)15)20-13-6-10(16)5-11(7-13)17(18)19/h3-7H,1-2H3. The molecule has 0 saturated carbocycles. The Morgan fingerprint density at radius 2 is 1.65 bits per heavy atom. The third-order valence-electron chi connectivity index (χ3n) is 2.71. The maximum absolute atomic E-state index is 13.3. The zero-order valence-corrected chi connectivity index (χ0v) is 12.4. The van der Waals surface area contributed by atoms with Crippen molar-refractivity contribution in [2.45, 2.75) is 13.8 Å². The minimum Gasteiger partial charge on any atom is -0.457 e. The Bertz CT molecular complexity index is 665. The van der Waals surface area contributed by atoms with Gasteiger partial charge in [0.05, 0.1) is 17.1 Å². The van der Waals surface area contributed by atoms with Crippen LogP contribution >= 0.6 is 15.9 Å². The number of aryl methyl sites for hydroxylation is 2. The maximum atomic E-state index is 13.3. The molecule has 0 aliphatic rings. The molecule has 6 heteroatoms. The van der Waals surface area contributed by atoms with Gasteiger partial charge in [0, 0.05) is 10.5 Å². The van der Waals surface area contributed by atoms with Gasteiger partial charge in [-0.05, 0) is 37.1 Å². The quantitative estimate of drug-likeness (QED) is 0.589. The highest BCUT2D eigenvalue weighted by Gasteiger charge is 2.12. The van der Waals surface area contributed by atoms with Crippen LogP contribution in [0.15, 0.2) is 34.8 Å². The molecule has 104 valence electrons. The summed E-state index contributed by atoms with van der Waals surface area (Å²) >= 11 is 3.44. The maximum Gasteiger partial charge on any atom is 0.276 e. The van der Waals surface area contributed by atoms with E-state index in [4.69, 9.17) is 4.74 Å². The SMILES string of the molecule is Cc1cc(Oc2cc(F)cc([N+](=O)[O-])c2)cc(C)c1Br. The van der Waals surface area contributed by atoms with Crippen molar-refractivity contribution in [2.75, 3.05) is 0 Å². The van der Waals surface area contributed by atoms with Crippen molar-refractivity contribution < 1.29 is 14.1 Å². The number of ether oxygens (including phenoxy) is 1. The summed E-state index contributed by atoms with van der Waals surface area (Å²) in [6.07, 6.45) is 0. The Labute approximate surface area is 123 Å². The summed E-state index contributed by atoms with van der Waals surface area (Å²) in [7, 11) is 0. The molecule has 0 N–H and O–H groups in total. The number of hydrogen-bond donors (Lipinski definition) is 0. The van der Waals surface area contributed by atoms with Crippen molar-refractivity contribution in [3.63, 3.8) is 0 Å². The Kier molecular flexibility index (Phi) is 4.04. The fourth-order valence-electron chi connectivity index (χ4n) is 1.81. The van der Waals surface area contributed by atoms with Crippen molar-refractivity contribution in [2.24, 2.45) is 0 Å². The van der Waals surface area contributed by atoms with Crippen molar-refractivity contribution in [1.82, 2.24) is 0 Å². The summed E-state index contributed by atoms with van der Waals surface area (Å²) in [6, 6.07) is 6.70. The lowest BCUT2D eigenvalue weighted by Gasteiger charge is -2.10.